The molecule has 4 rings (SSSR count). The molecular weight excluding hydrogens is 376 g/mol. The Balaban J connectivity index is 1.60. The van der Waals surface area contributed by atoms with Crippen LogP contribution in [0.5, 0.6) is 11.5 Å². The molecule has 0 aliphatic carbocycles. The molecule has 5 heteroatoms. The Bertz CT molecular complexity index is 1100. The van der Waals surface area contributed by atoms with Crippen LogP contribution in [-0.2, 0) is 4.74 Å². The van der Waals surface area contributed by atoms with Gasteiger partial charge in [-0.3, -0.25) is 4.40 Å². The molecule has 0 atom stereocenters. The molecule has 0 unspecified atom stereocenters. The lowest BCUT2D eigenvalue weighted by molar-refractivity contribution is 0.146. The van der Waals surface area contributed by atoms with Crippen LogP contribution >= 0.6 is 0 Å². The van der Waals surface area contributed by atoms with Crippen LogP contribution in [0.1, 0.15) is 13.8 Å². The summed E-state index contributed by atoms with van der Waals surface area (Å²) in [4.78, 5) is 4.55. The zero-order valence-electron chi connectivity index (χ0n) is 17.5. The molecule has 0 bridgehead atoms. The van der Waals surface area contributed by atoms with Crippen LogP contribution in [0.25, 0.3) is 28.0 Å². The Morgan fingerprint density at radius 3 is 2.17 bits per heavy atom. The minimum Gasteiger partial charge on any atom is -0.491 e. The van der Waals surface area contributed by atoms with E-state index >= 15 is 0 Å². The molecule has 154 valence electrons. The Hall–Kier alpha value is -3.31. The fraction of sp³-hybridized carbons (Fsp3) is 0.240. The van der Waals surface area contributed by atoms with Gasteiger partial charge in [0, 0.05) is 18.9 Å². The zero-order valence-corrected chi connectivity index (χ0v) is 17.5. The first-order valence-corrected chi connectivity index (χ1v) is 10.1. The molecule has 30 heavy (non-hydrogen) atoms. The number of ether oxygens (including phenoxy) is 3. The molecule has 0 fully saturated rings. The van der Waals surface area contributed by atoms with Gasteiger partial charge in [0.25, 0.3) is 0 Å². The zero-order chi connectivity index (χ0) is 20.9. The lowest BCUT2D eigenvalue weighted by Crippen LogP contribution is -2.05. The molecule has 0 amide bonds. The van der Waals surface area contributed by atoms with Gasteiger partial charge in [0.15, 0.2) is 0 Å². The van der Waals surface area contributed by atoms with E-state index in [1.165, 1.54) is 0 Å². The van der Waals surface area contributed by atoms with E-state index in [9.17, 15) is 0 Å². The molecule has 0 N–H and O–H groups in total. The number of hydrogen-bond acceptors (Lipinski definition) is 4. The van der Waals surface area contributed by atoms with Gasteiger partial charge in [-0.2, -0.15) is 0 Å². The summed E-state index contributed by atoms with van der Waals surface area (Å²) < 4.78 is 18.5. The van der Waals surface area contributed by atoms with Crippen LogP contribution < -0.4 is 9.47 Å². The SMILES string of the molecule is COCCOc1ccc(-c2cnc3ccc(-c4ccc(OC(C)C)cc4)cn23)cc1. The van der Waals surface area contributed by atoms with Gasteiger partial charge in [-0.05, 0) is 73.5 Å². The van der Waals surface area contributed by atoms with Crippen LogP contribution in [0, 0.1) is 0 Å². The maximum Gasteiger partial charge on any atom is 0.137 e. The largest absolute Gasteiger partial charge is 0.491 e. The fourth-order valence-corrected chi connectivity index (χ4v) is 3.33. The van der Waals surface area contributed by atoms with Gasteiger partial charge < -0.3 is 14.2 Å². The van der Waals surface area contributed by atoms with E-state index in [0.717, 1.165) is 39.5 Å². The third-order valence-electron chi connectivity index (χ3n) is 4.77. The molecular formula is C25H26N2O3. The summed E-state index contributed by atoms with van der Waals surface area (Å²) in [5, 5.41) is 0. The predicted octanol–water partition coefficient (Wildman–Crippen LogP) is 5.48. The lowest BCUT2D eigenvalue weighted by atomic mass is 10.1. The van der Waals surface area contributed by atoms with E-state index < -0.39 is 0 Å². The first-order valence-electron chi connectivity index (χ1n) is 10.1. The molecule has 0 saturated heterocycles. The quantitative estimate of drug-likeness (QED) is 0.366. The summed E-state index contributed by atoms with van der Waals surface area (Å²) in [5.41, 5.74) is 5.29. The van der Waals surface area contributed by atoms with E-state index in [2.05, 4.69) is 45.9 Å². The van der Waals surface area contributed by atoms with Gasteiger partial charge in [0.05, 0.1) is 24.6 Å². The molecule has 2 aromatic carbocycles. The van der Waals surface area contributed by atoms with Gasteiger partial charge in [-0.15, -0.1) is 0 Å². The maximum absolute atomic E-state index is 5.75. The molecule has 2 aromatic heterocycles. The van der Waals surface area contributed by atoms with Gasteiger partial charge in [0.1, 0.15) is 23.8 Å². The molecule has 4 aromatic rings. The standard InChI is InChI=1S/C25H26N2O3/c1-18(2)30-23-11-4-19(5-12-23)21-8-13-25-26-16-24(27(25)17-21)20-6-9-22(10-7-20)29-15-14-28-3/h4-13,16-18H,14-15H2,1-3H3. The van der Waals surface area contributed by atoms with Crippen molar-refractivity contribution in [1.29, 1.82) is 0 Å². The molecule has 0 saturated carbocycles. The topological polar surface area (TPSA) is 45.0 Å². The van der Waals surface area contributed by atoms with E-state index in [-0.39, 0.29) is 6.10 Å². The van der Waals surface area contributed by atoms with Crippen molar-refractivity contribution in [2.24, 2.45) is 0 Å². The summed E-state index contributed by atoms with van der Waals surface area (Å²) in [5.74, 6) is 1.71. The molecule has 0 aliphatic heterocycles. The van der Waals surface area contributed by atoms with Gasteiger partial charge in [-0.1, -0.05) is 12.1 Å². The highest BCUT2D eigenvalue weighted by Crippen LogP contribution is 2.27. The Morgan fingerprint density at radius 1 is 0.800 bits per heavy atom. The van der Waals surface area contributed by atoms with E-state index in [1.807, 2.05) is 50.4 Å². The number of aromatic nitrogens is 2. The third-order valence-corrected chi connectivity index (χ3v) is 4.77. The summed E-state index contributed by atoms with van der Waals surface area (Å²) >= 11 is 0. The van der Waals surface area contributed by atoms with Crippen molar-refractivity contribution in [3.8, 4) is 33.9 Å². The minimum absolute atomic E-state index is 0.164. The monoisotopic (exact) mass is 402 g/mol. The second-order valence-electron chi connectivity index (χ2n) is 7.35. The summed E-state index contributed by atoms with van der Waals surface area (Å²) in [6, 6.07) is 20.4. The second kappa shape index (κ2) is 9.01. The summed E-state index contributed by atoms with van der Waals surface area (Å²) in [6.07, 6.45) is 4.19. The van der Waals surface area contributed by atoms with Crippen LogP contribution in [0.2, 0.25) is 0 Å². The highest BCUT2D eigenvalue weighted by molar-refractivity contribution is 5.69. The number of methoxy groups -OCH3 is 1. The highest BCUT2D eigenvalue weighted by Gasteiger charge is 2.08. The molecule has 0 spiro atoms. The van der Waals surface area contributed by atoms with Crippen LogP contribution in [0.3, 0.4) is 0 Å². The maximum atomic E-state index is 5.75. The molecule has 2 heterocycles. The smallest absolute Gasteiger partial charge is 0.137 e. The normalized spacial score (nSPS) is 11.2. The van der Waals surface area contributed by atoms with Crippen molar-refractivity contribution in [1.82, 2.24) is 9.38 Å². The summed E-state index contributed by atoms with van der Waals surface area (Å²) in [7, 11) is 1.67. The number of imidazole rings is 1. The average Bonchev–Trinajstić information content (AvgIpc) is 3.18. The van der Waals surface area contributed by atoms with Gasteiger partial charge in [0.2, 0.25) is 0 Å². The Kier molecular flexibility index (Phi) is 6.00. The molecule has 0 aliphatic rings. The first-order chi connectivity index (χ1) is 14.6. The van der Waals surface area contributed by atoms with Crippen molar-refractivity contribution < 1.29 is 14.2 Å². The number of hydrogen-bond donors (Lipinski definition) is 0. The average molecular weight is 402 g/mol. The number of benzene rings is 2. The van der Waals surface area contributed by atoms with E-state index in [0.29, 0.717) is 13.2 Å². The summed E-state index contributed by atoms with van der Waals surface area (Å²) in [6.45, 7) is 5.17. The molecule has 5 nitrogen and oxygen atoms in total. The Labute approximate surface area is 176 Å². The van der Waals surface area contributed by atoms with Crippen molar-refractivity contribution >= 4 is 5.65 Å². The Morgan fingerprint density at radius 2 is 1.47 bits per heavy atom. The highest BCUT2D eigenvalue weighted by atomic mass is 16.5. The predicted molar refractivity (Wildman–Crippen MR) is 119 cm³/mol. The van der Waals surface area contributed by atoms with Crippen LogP contribution in [0.15, 0.2) is 73.1 Å². The van der Waals surface area contributed by atoms with Crippen molar-refractivity contribution in [3.63, 3.8) is 0 Å². The van der Waals surface area contributed by atoms with Crippen molar-refractivity contribution in [3.05, 3.63) is 73.1 Å². The third kappa shape index (κ3) is 4.47. The van der Waals surface area contributed by atoms with Gasteiger partial charge >= 0.3 is 0 Å². The second-order valence-corrected chi connectivity index (χ2v) is 7.35. The van der Waals surface area contributed by atoms with Crippen molar-refractivity contribution in [2.75, 3.05) is 20.3 Å². The number of nitrogens with zero attached hydrogens (tertiary/aromatic N) is 2. The van der Waals surface area contributed by atoms with E-state index in [4.69, 9.17) is 14.2 Å². The van der Waals surface area contributed by atoms with Gasteiger partial charge in [-0.25, -0.2) is 4.98 Å². The number of rotatable bonds is 8. The van der Waals surface area contributed by atoms with Crippen LogP contribution in [-0.4, -0.2) is 35.8 Å². The number of pyridine rings is 1. The van der Waals surface area contributed by atoms with Crippen molar-refractivity contribution in [2.45, 2.75) is 20.0 Å². The molecule has 0 radical (unpaired) electrons. The van der Waals surface area contributed by atoms with E-state index in [1.54, 1.807) is 7.11 Å². The first kappa shape index (κ1) is 20.0. The fourth-order valence-electron chi connectivity index (χ4n) is 3.33. The minimum atomic E-state index is 0.164. The number of fused-ring (bicyclic) bond motifs is 1. The lowest BCUT2D eigenvalue weighted by Gasteiger charge is -2.11. The van der Waals surface area contributed by atoms with Crippen LogP contribution in [0.4, 0.5) is 0 Å².